The van der Waals surface area contributed by atoms with Gasteiger partial charge in [0.2, 0.25) is 0 Å². The Labute approximate surface area is 162 Å². The molecule has 0 radical (unpaired) electrons. The fourth-order valence-corrected chi connectivity index (χ4v) is 4.34. The minimum Gasteiger partial charge on any atom is -0.331 e. The van der Waals surface area contributed by atoms with Gasteiger partial charge >= 0.3 is 0 Å². The van der Waals surface area contributed by atoms with Crippen LogP contribution in [0.25, 0.3) is 0 Å². The van der Waals surface area contributed by atoms with Crippen LogP contribution in [0.3, 0.4) is 0 Å². The van der Waals surface area contributed by atoms with Crippen LogP contribution < -0.4 is 16.2 Å². The summed E-state index contributed by atoms with van der Waals surface area (Å²) >= 11 is 6.69. The average Bonchev–Trinajstić information content (AvgIpc) is 3.06. The Morgan fingerprint density at radius 1 is 1.35 bits per heavy atom. The van der Waals surface area contributed by atoms with Crippen molar-refractivity contribution in [1.82, 2.24) is 10.9 Å². The third kappa shape index (κ3) is 4.40. The third-order valence-corrected chi connectivity index (χ3v) is 6.15. The zero-order valence-corrected chi connectivity index (χ0v) is 16.5. The van der Waals surface area contributed by atoms with Crippen molar-refractivity contribution in [3.05, 3.63) is 51.0 Å². The summed E-state index contributed by atoms with van der Waals surface area (Å²) < 4.78 is 13.6. The number of hydrogen-bond donors (Lipinski definition) is 3. The number of halogens is 1. The third-order valence-electron chi connectivity index (χ3n) is 4.71. The fourth-order valence-electron chi connectivity index (χ4n) is 3.07. The quantitative estimate of drug-likeness (QED) is 0.538. The van der Waals surface area contributed by atoms with Gasteiger partial charge in [-0.15, -0.1) is 11.3 Å². The number of fused-ring (bicyclic) bond motifs is 1. The highest BCUT2D eigenvalue weighted by Gasteiger charge is 2.22. The number of aryl methyl sites for hydroxylation is 2. The zero-order chi connectivity index (χ0) is 18.7. The molecule has 0 unspecified atom stereocenters. The van der Waals surface area contributed by atoms with Crippen LogP contribution in [-0.4, -0.2) is 11.0 Å². The van der Waals surface area contributed by atoms with E-state index in [1.165, 1.54) is 29.3 Å². The molecular formula is C19H22FN3OS2. The second-order valence-electron chi connectivity index (χ2n) is 6.57. The van der Waals surface area contributed by atoms with E-state index in [9.17, 15) is 9.18 Å². The van der Waals surface area contributed by atoms with E-state index in [-0.39, 0.29) is 16.8 Å². The summed E-state index contributed by atoms with van der Waals surface area (Å²) in [5.74, 6) is 0.200. The molecule has 0 saturated heterocycles. The van der Waals surface area contributed by atoms with Crippen molar-refractivity contribution in [2.24, 2.45) is 5.92 Å². The Kier molecular flexibility index (Phi) is 5.88. The van der Waals surface area contributed by atoms with Gasteiger partial charge in [0.1, 0.15) is 5.82 Å². The van der Waals surface area contributed by atoms with Crippen molar-refractivity contribution in [2.75, 3.05) is 5.32 Å². The molecule has 138 valence electrons. The molecule has 7 heteroatoms. The summed E-state index contributed by atoms with van der Waals surface area (Å²) in [5, 5.41) is 3.05. The molecule has 0 aliphatic heterocycles. The zero-order valence-electron chi connectivity index (χ0n) is 14.8. The first-order valence-electron chi connectivity index (χ1n) is 8.71. The Morgan fingerprint density at radius 2 is 2.15 bits per heavy atom. The van der Waals surface area contributed by atoms with Gasteiger partial charge in [-0.3, -0.25) is 15.6 Å². The van der Waals surface area contributed by atoms with Crippen LogP contribution in [0.2, 0.25) is 0 Å². The average molecular weight is 392 g/mol. The topological polar surface area (TPSA) is 53.2 Å². The van der Waals surface area contributed by atoms with Crippen LogP contribution in [0.15, 0.2) is 24.3 Å². The maximum Gasteiger partial charge on any atom is 0.279 e. The maximum absolute atomic E-state index is 13.6. The number of thiocarbonyl (C=S) groups is 1. The molecule has 0 spiro atoms. The van der Waals surface area contributed by atoms with Gasteiger partial charge in [-0.25, -0.2) is 4.39 Å². The lowest BCUT2D eigenvalue weighted by molar-refractivity contribution is 0.0948. The van der Waals surface area contributed by atoms with Gasteiger partial charge in [-0.05, 0) is 73.6 Å². The summed E-state index contributed by atoms with van der Waals surface area (Å²) in [5.41, 5.74) is 7.66. The Bertz CT molecular complexity index is 834. The highest BCUT2D eigenvalue weighted by molar-refractivity contribution is 7.80. The summed E-state index contributed by atoms with van der Waals surface area (Å²) in [4.78, 5) is 14.4. The molecule has 1 atom stereocenters. The molecule has 1 aromatic heterocycles. The molecule has 1 aliphatic rings. The lowest BCUT2D eigenvalue weighted by Gasteiger charge is -2.19. The van der Waals surface area contributed by atoms with E-state index in [0.29, 0.717) is 16.1 Å². The first-order chi connectivity index (χ1) is 12.5. The molecule has 1 heterocycles. The van der Waals surface area contributed by atoms with Crippen LogP contribution >= 0.6 is 23.6 Å². The SMILES string of the molecule is CC[C@H]1CCc2sc(C(=O)NNC(=S)Nc3ccc(C)c(F)c3)cc2C1. The number of anilines is 1. The van der Waals surface area contributed by atoms with Crippen molar-refractivity contribution < 1.29 is 9.18 Å². The number of carbonyl (C=O) groups is 1. The number of carbonyl (C=O) groups excluding carboxylic acids is 1. The van der Waals surface area contributed by atoms with E-state index in [0.717, 1.165) is 18.8 Å². The van der Waals surface area contributed by atoms with Crippen molar-refractivity contribution >= 4 is 40.3 Å². The Morgan fingerprint density at radius 3 is 2.88 bits per heavy atom. The maximum atomic E-state index is 13.6. The number of hydrazine groups is 1. The van der Waals surface area contributed by atoms with E-state index < -0.39 is 0 Å². The fraction of sp³-hybridized carbons (Fsp3) is 0.368. The van der Waals surface area contributed by atoms with E-state index in [1.807, 2.05) is 6.07 Å². The molecule has 0 bridgehead atoms. The molecule has 0 saturated carbocycles. The monoisotopic (exact) mass is 391 g/mol. The summed E-state index contributed by atoms with van der Waals surface area (Å²) in [6.07, 6.45) is 4.49. The van der Waals surface area contributed by atoms with E-state index in [1.54, 1.807) is 30.4 Å². The molecule has 4 nitrogen and oxygen atoms in total. The molecular weight excluding hydrogens is 369 g/mol. The van der Waals surface area contributed by atoms with E-state index in [2.05, 4.69) is 23.1 Å². The van der Waals surface area contributed by atoms with Gasteiger partial charge in [0, 0.05) is 10.6 Å². The Balaban J connectivity index is 1.54. The predicted molar refractivity (Wildman–Crippen MR) is 108 cm³/mol. The van der Waals surface area contributed by atoms with E-state index >= 15 is 0 Å². The first kappa shape index (κ1) is 18.8. The molecule has 0 fully saturated rings. The summed E-state index contributed by atoms with van der Waals surface area (Å²) in [6, 6.07) is 6.75. The highest BCUT2D eigenvalue weighted by atomic mass is 32.1. The normalized spacial score (nSPS) is 15.9. The van der Waals surface area contributed by atoms with Gasteiger partial charge in [0.15, 0.2) is 5.11 Å². The van der Waals surface area contributed by atoms with Crippen LogP contribution in [0.5, 0.6) is 0 Å². The predicted octanol–water partition coefficient (Wildman–Crippen LogP) is 4.34. The smallest absolute Gasteiger partial charge is 0.279 e. The highest BCUT2D eigenvalue weighted by Crippen LogP contribution is 2.33. The van der Waals surface area contributed by atoms with Gasteiger partial charge in [-0.1, -0.05) is 19.4 Å². The van der Waals surface area contributed by atoms with Crippen LogP contribution in [-0.2, 0) is 12.8 Å². The lowest BCUT2D eigenvalue weighted by atomic mass is 9.87. The van der Waals surface area contributed by atoms with Gasteiger partial charge in [0.05, 0.1) is 4.88 Å². The van der Waals surface area contributed by atoms with Gasteiger partial charge < -0.3 is 5.32 Å². The van der Waals surface area contributed by atoms with Crippen LogP contribution in [0.4, 0.5) is 10.1 Å². The largest absolute Gasteiger partial charge is 0.331 e. The summed E-state index contributed by atoms with van der Waals surface area (Å²) in [6.45, 7) is 3.91. The number of amides is 1. The molecule has 26 heavy (non-hydrogen) atoms. The molecule has 2 aromatic rings. The van der Waals surface area contributed by atoms with E-state index in [4.69, 9.17) is 12.2 Å². The number of thiophene rings is 1. The minimum absolute atomic E-state index is 0.203. The van der Waals surface area contributed by atoms with Crippen molar-refractivity contribution in [1.29, 1.82) is 0 Å². The standard InChI is InChI=1S/C19H22FN3OS2/c1-3-12-5-7-16-13(8-12)9-17(26-16)18(24)22-23-19(25)21-14-6-4-11(2)15(20)10-14/h4,6,9-10,12H,3,5,7-8H2,1-2H3,(H,22,24)(H2,21,23,25)/t12-/m0/s1. The van der Waals surface area contributed by atoms with Crippen molar-refractivity contribution in [2.45, 2.75) is 39.5 Å². The number of nitrogens with one attached hydrogen (secondary N) is 3. The second-order valence-corrected chi connectivity index (χ2v) is 8.12. The Hall–Kier alpha value is -1.99. The summed E-state index contributed by atoms with van der Waals surface area (Å²) in [7, 11) is 0. The second kappa shape index (κ2) is 8.14. The first-order valence-corrected chi connectivity index (χ1v) is 9.93. The number of benzene rings is 1. The molecule has 1 aliphatic carbocycles. The lowest BCUT2D eigenvalue weighted by Crippen LogP contribution is -2.43. The number of rotatable bonds is 3. The van der Waals surface area contributed by atoms with Crippen molar-refractivity contribution in [3.8, 4) is 0 Å². The van der Waals surface area contributed by atoms with Crippen LogP contribution in [0, 0.1) is 18.7 Å². The molecule has 3 N–H and O–H groups in total. The van der Waals surface area contributed by atoms with Gasteiger partial charge in [-0.2, -0.15) is 0 Å². The van der Waals surface area contributed by atoms with Gasteiger partial charge in [0.25, 0.3) is 5.91 Å². The van der Waals surface area contributed by atoms with Crippen molar-refractivity contribution in [3.63, 3.8) is 0 Å². The molecule has 1 amide bonds. The van der Waals surface area contributed by atoms with Crippen LogP contribution in [0.1, 0.15) is 45.4 Å². The molecule has 3 rings (SSSR count). The minimum atomic E-state index is -0.309. The molecule has 1 aromatic carbocycles. The number of hydrogen-bond acceptors (Lipinski definition) is 3.